The van der Waals surface area contributed by atoms with E-state index >= 15 is 0 Å². The minimum Gasteiger partial charge on any atom is -0.356 e. The molecule has 128 valence electrons. The van der Waals surface area contributed by atoms with E-state index in [1.165, 1.54) is 12.8 Å². The van der Waals surface area contributed by atoms with Crippen molar-refractivity contribution in [1.29, 1.82) is 0 Å². The van der Waals surface area contributed by atoms with Gasteiger partial charge in [0.15, 0.2) is 0 Å². The van der Waals surface area contributed by atoms with Gasteiger partial charge in [0.25, 0.3) is 0 Å². The van der Waals surface area contributed by atoms with Gasteiger partial charge in [0.1, 0.15) is 22.6 Å². The fraction of sp³-hybridized carbons (Fsp3) is 0.421. The number of para-hydroxylation sites is 2. The molecule has 0 unspecified atom stereocenters. The number of rotatable bonds is 3. The van der Waals surface area contributed by atoms with Gasteiger partial charge in [0.05, 0.1) is 11.0 Å². The van der Waals surface area contributed by atoms with Crippen LogP contribution < -0.4 is 4.90 Å². The molecule has 0 atom stereocenters. The third kappa shape index (κ3) is 2.97. The summed E-state index contributed by atoms with van der Waals surface area (Å²) in [6, 6.07) is 10.1. The Morgan fingerprint density at radius 2 is 1.76 bits per heavy atom. The van der Waals surface area contributed by atoms with Crippen molar-refractivity contribution >= 4 is 28.5 Å². The van der Waals surface area contributed by atoms with Crippen LogP contribution in [0.25, 0.3) is 11.0 Å². The fourth-order valence-corrected chi connectivity index (χ4v) is 3.84. The molecular weight excluding hydrogens is 334 g/mol. The average molecular weight is 354 g/mol. The highest BCUT2D eigenvalue weighted by molar-refractivity contribution is 6.29. The van der Waals surface area contributed by atoms with Crippen LogP contribution in [0.5, 0.6) is 0 Å². The fourth-order valence-electron chi connectivity index (χ4n) is 3.66. The SMILES string of the molecule is Clc1cc(N2CCC(c3nc4ccccc4[nH]3)CC2)nc(C2CC2)n1. The average Bonchev–Trinajstić information content (AvgIpc) is 3.40. The summed E-state index contributed by atoms with van der Waals surface area (Å²) in [6.45, 7) is 1.94. The molecule has 1 saturated carbocycles. The van der Waals surface area contributed by atoms with Crippen molar-refractivity contribution in [3.8, 4) is 0 Å². The van der Waals surface area contributed by atoms with Crippen molar-refractivity contribution in [2.75, 3.05) is 18.0 Å². The summed E-state index contributed by atoms with van der Waals surface area (Å²) < 4.78 is 0. The van der Waals surface area contributed by atoms with Crippen LogP contribution >= 0.6 is 11.6 Å². The predicted octanol–water partition coefficient (Wildman–Crippen LogP) is 4.27. The molecule has 0 spiro atoms. The smallest absolute Gasteiger partial charge is 0.135 e. The second kappa shape index (κ2) is 5.99. The Morgan fingerprint density at radius 1 is 0.960 bits per heavy atom. The Labute approximate surface area is 151 Å². The monoisotopic (exact) mass is 353 g/mol. The zero-order valence-corrected chi connectivity index (χ0v) is 14.7. The van der Waals surface area contributed by atoms with Gasteiger partial charge in [-0.15, -0.1) is 0 Å². The molecule has 6 heteroatoms. The predicted molar refractivity (Wildman–Crippen MR) is 99.3 cm³/mol. The molecule has 3 aromatic rings. The van der Waals surface area contributed by atoms with E-state index in [0.717, 1.165) is 54.4 Å². The summed E-state index contributed by atoms with van der Waals surface area (Å²) in [5.41, 5.74) is 2.17. The summed E-state index contributed by atoms with van der Waals surface area (Å²) >= 11 is 6.22. The number of benzene rings is 1. The molecule has 0 bridgehead atoms. The van der Waals surface area contributed by atoms with Gasteiger partial charge < -0.3 is 9.88 Å². The Bertz CT molecular complexity index is 876. The normalized spacial score (nSPS) is 18.8. The molecule has 0 radical (unpaired) electrons. The van der Waals surface area contributed by atoms with Gasteiger partial charge in [-0.3, -0.25) is 0 Å². The van der Waals surface area contributed by atoms with Crippen molar-refractivity contribution in [2.24, 2.45) is 0 Å². The van der Waals surface area contributed by atoms with Crippen molar-refractivity contribution < 1.29 is 0 Å². The van der Waals surface area contributed by atoms with E-state index in [0.29, 0.717) is 17.0 Å². The standard InChI is InChI=1S/C19H20ClN5/c20-16-11-17(24-19(23-16)12-5-6-12)25-9-7-13(8-10-25)18-21-14-3-1-2-4-15(14)22-18/h1-4,11-13H,5-10H2,(H,21,22). The number of aromatic amines is 1. The minimum absolute atomic E-state index is 0.476. The number of nitrogens with one attached hydrogen (secondary N) is 1. The lowest BCUT2D eigenvalue weighted by Crippen LogP contribution is -2.34. The lowest BCUT2D eigenvalue weighted by molar-refractivity contribution is 0.486. The van der Waals surface area contributed by atoms with Crippen LogP contribution in [0.15, 0.2) is 30.3 Å². The molecule has 5 rings (SSSR count). The first-order chi connectivity index (χ1) is 12.3. The maximum Gasteiger partial charge on any atom is 0.135 e. The van der Waals surface area contributed by atoms with Gasteiger partial charge >= 0.3 is 0 Å². The summed E-state index contributed by atoms with van der Waals surface area (Å²) in [4.78, 5) is 19.7. The first-order valence-electron chi connectivity index (χ1n) is 9.00. The third-order valence-electron chi connectivity index (χ3n) is 5.25. The van der Waals surface area contributed by atoms with Gasteiger partial charge in [-0.05, 0) is 37.8 Å². The van der Waals surface area contributed by atoms with E-state index in [4.69, 9.17) is 21.6 Å². The van der Waals surface area contributed by atoms with E-state index < -0.39 is 0 Å². The highest BCUT2D eigenvalue weighted by atomic mass is 35.5. The van der Waals surface area contributed by atoms with Gasteiger partial charge in [-0.1, -0.05) is 23.7 Å². The first kappa shape index (κ1) is 15.1. The largest absolute Gasteiger partial charge is 0.356 e. The molecule has 5 nitrogen and oxygen atoms in total. The van der Waals surface area contributed by atoms with Gasteiger partial charge in [-0.2, -0.15) is 0 Å². The number of fused-ring (bicyclic) bond motifs is 1. The van der Waals surface area contributed by atoms with Crippen LogP contribution in [0, 0.1) is 0 Å². The number of anilines is 1. The number of nitrogens with zero attached hydrogens (tertiary/aromatic N) is 4. The Hall–Kier alpha value is -2.14. The Morgan fingerprint density at radius 3 is 2.52 bits per heavy atom. The molecule has 0 amide bonds. The van der Waals surface area contributed by atoms with Gasteiger partial charge in [-0.25, -0.2) is 15.0 Å². The molecule has 1 aliphatic heterocycles. The number of halogens is 1. The summed E-state index contributed by atoms with van der Waals surface area (Å²) in [5.74, 6) is 4.00. The number of hydrogen-bond donors (Lipinski definition) is 1. The highest BCUT2D eigenvalue weighted by Gasteiger charge is 2.29. The zero-order chi connectivity index (χ0) is 16.8. The zero-order valence-electron chi connectivity index (χ0n) is 14.0. The highest BCUT2D eigenvalue weighted by Crippen LogP contribution is 2.39. The van der Waals surface area contributed by atoms with E-state index in [2.05, 4.69) is 27.0 Å². The van der Waals surface area contributed by atoms with E-state index in [1.807, 2.05) is 18.2 Å². The number of hydrogen-bond acceptors (Lipinski definition) is 4. The number of imidazole rings is 1. The maximum absolute atomic E-state index is 6.22. The topological polar surface area (TPSA) is 57.7 Å². The molecular formula is C19H20ClN5. The molecule has 1 N–H and O–H groups in total. The lowest BCUT2D eigenvalue weighted by Gasteiger charge is -2.32. The van der Waals surface area contributed by atoms with Crippen molar-refractivity contribution in [3.63, 3.8) is 0 Å². The Balaban J connectivity index is 1.32. The van der Waals surface area contributed by atoms with Gasteiger partial charge in [0, 0.05) is 31.0 Å². The molecule has 1 aliphatic carbocycles. The molecule has 3 heterocycles. The summed E-state index contributed by atoms with van der Waals surface area (Å²) in [5, 5.41) is 0.561. The molecule has 25 heavy (non-hydrogen) atoms. The van der Waals surface area contributed by atoms with Crippen LogP contribution in [0.1, 0.15) is 49.2 Å². The number of H-pyrrole nitrogens is 1. The van der Waals surface area contributed by atoms with Crippen molar-refractivity contribution in [3.05, 3.63) is 47.1 Å². The lowest BCUT2D eigenvalue weighted by atomic mass is 9.96. The van der Waals surface area contributed by atoms with Crippen molar-refractivity contribution in [2.45, 2.75) is 37.5 Å². The summed E-state index contributed by atoms with van der Waals surface area (Å²) in [6.07, 6.45) is 4.52. The van der Waals surface area contributed by atoms with Crippen LogP contribution in [0.2, 0.25) is 5.15 Å². The molecule has 1 saturated heterocycles. The quantitative estimate of drug-likeness (QED) is 0.714. The van der Waals surface area contributed by atoms with E-state index in [-0.39, 0.29) is 0 Å². The molecule has 2 aromatic heterocycles. The van der Waals surface area contributed by atoms with Crippen LogP contribution in [0.3, 0.4) is 0 Å². The molecule has 2 aliphatic rings. The van der Waals surface area contributed by atoms with Crippen LogP contribution in [-0.2, 0) is 0 Å². The molecule has 2 fully saturated rings. The van der Waals surface area contributed by atoms with E-state index in [9.17, 15) is 0 Å². The second-order valence-electron chi connectivity index (χ2n) is 7.08. The van der Waals surface area contributed by atoms with Crippen LogP contribution in [-0.4, -0.2) is 33.0 Å². The number of piperidine rings is 1. The van der Waals surface area contributed by atoms with Crippen molar-refractivity contribution in [1.82, 2.24) is 19.9 Å². The first-order valence-corrected chi connectivity index (χ1v) is 9.38. The minimum atomic E-state index is 0.476. The van der Waals surface area contributed by atoms with Crippen LogP contribution in [0.4, 0.5) is 5.82 Å². The summed E-state index contributed by atoms with van der Waals surface area (Å²) in [7, 11) is 0. The maximum atomic E-state index is 6.22. The van der Waals surface area contributed by atoms with E-state index in [1.54, 1.807) is 0 Å². The molecule has 1 aromatic carbocycles. The number of aromatic nitrogens is 4. The second-order valence-corrected chi connectivity index (χ2v) is 7.47. The van der Waals surface area contributed by atoms with Gasteiger partial charge in [0.2, 0.25) is 0 Å². The Kier molecular flexibility index (Phi) is 3.63. The third-order valence-corrected chi connectivity index (χ3v) is 5.45.